The number of amides is 1. The number of rotatable bonds is 8. The first-order valence-electron chi connectivity index (χ1n) is 10.3. The fraction of sp³-hybridized carbons (Fsp3) is 0.192. The van der Waals surface area contributed by atoms with Crippen molar-refractivity contribution in [3.8, 4) is 0 Å². The van der Waals surface area contributed by atoms with Crippen LogP contribution in [0.25, 0.3) is 0 Å². The van der Waals surface area contributed by atoms with Crippen LogP contribution in [-0.2, 0) is 9.59 Å². The van der Waals surface area contributed by atoms with Crippen molar-refractivity contribution in [1.29, 1.82) is 0 Å². The van der Waals surface area contributed by atoms with Gasteiger partial charge in [-0.25, -0.2) is 13.2 Å². The van der Waals surface area contributed by atoms with Gasteiger partial charge in [0.15, 0.2) is 5.78 Å². The maximum atomic E-state index is 14.2. The molecule has 1 N–H and O–H groups in total. The number of halogens is 3. The number of carbonyl (C=O) groups excluding carboxylic acids is 3. The van der Waals surface area contributed by atoms with Gasteiger partial charge in [0.1, 0.15) is 29.2 Å². The Balaban J connectivity index is 2.09. The summed E-state index contributed by atoms with van der Waals surface area (Å²) in [5, 5.41) is 2.33. The maximum absolute atomic E-state index is 14.2. The van der Waals surface area contributed by atoms with E-state index in [9.17, 15) is 27.6 Å². The van der Waals surface area contributed by atoms with Crippen molar-refractivity contribution in [2.75, 3.05) is 5.32 Å². The molecule has 0 saturated heterocycles. The van der Waals surface area contributed by atoms with Gasteiger partial charge < -0.3 is 5.32 Å². The lowest BCUT2D eigenvalue weighted by molar-refractivity contribution is -0.133. The molecular formula is C26H22F3NO3. The highest BCUT2D eigenvalue weighted by Crippen LogP contribution is 2.33. The highest BCUT2D eigenvalue weighted by Gasteiger charge is 2.41. The van der Waals surface area contributed by atoms with Crippen molar-refractivity contribution in [3.63, 3.8) is 0 Å². The SMILES string of the molecule is CC(C)C(=O)C(C(=O)Nc1ccc(F)cc1F)C(C(=O)c1ccc(F)cc1)c1ccccc1. The largest absolute Gasteiger partial charge is 0.323 e. The Morgan fingerprint density at radius 3 is 1.97 bits per heavy atom. The Morgan fingerprint density at radius 2 is 1.39 bits per heavy atom. The van der Waals surface area contributed by atoms with Gasteiger partial charge in [-0.05, 0) is 42.0 Å². The molecule has 0 saturated carbocycles. The first-order chi connectivity index (χ1) is 15.7. The summed E-state index contributed by atoms with van der Waals surface area (Å²) >= 11 is 0. The van der Waals surface area contributed by atoms with Gasteiger partial charge in [0.25, 0.3) is 0 Å². The van der Waals surface area contributed by atoms with Gasteiger partial charge in [-0.3, -0.25) is 14.4 Å². The van der Waals surface area contributed by atoms with Crippen molar-refractivity contribution >= 4 is 23.2 Å². The molecule has 3 aromatic rings. The quantitative estimate of drug-likeness (QED) is 0.359. The number of nitrogens with one attached hydrogen (secondary N) is 1. The molecule has 0 aliphatic carbocycles. The molecule has 0 aromatic heterocycles. The highest BCUT2D eigenvalue weighted by atomic mass is 19.1. The summed E-state index contributed by atoms with van der Waals surface area (Å²) in [7, 11) is 0. The Morgan fingerprint density at radius 1 is 0.788 bits per heavy atom. The van der Waals surface area contributed by atoms with Crippen molar-refractivity contribution in [2.45, 2.75) is 19.8 Å². The second-order valence-corrected chi connectivity index (χ2v) is 7.91. The molecule has 1 amide bonds. The van der Waals surface area contributed by atoms with Crippen molar-refractivity contribution < 1.29 is 27.6 Å². The number of hydrogen-bond donors (Lipinski definition) is 1. The molecule has 3 aromatic carbocycles. The summed E-state index contributed by atoms with van der Waals surface area (Å²) in [6, 6.07) is 15.7. The first-order valence-corrected chi connectivity index (χ1v) is 10.3. The van der Waals surface area contributed by atoms with E-state index >= 15 is 0 Å². The summed E-state index contributed by atoms with van der Waals surface area (Å²) in [6.07, 6.45) is 0. The van der Waals surface area contributed by atoms with Crippen LogP contribution in [0.2, 0.25) is 0 Å². The lowest BCUT2D eigenvalue weighted by atomic mass is 9.75. The molecule has 2 atom stereocenters. The van der Waals surface area contributed by atoms with Crippen LogP contribution in [0.4, 0.5) is 18.9 Å². The van der Waals surface area contributed by atoms with Crippen LogP contribution in [0, 0.1) is 29.3 Å². The van der Waals surface area contributed by atoms with Crippen LogP contribution in [0.5, 0.6) is 0 Å². The van der Waals surface area contributed by atoms with Gasteiger partial charge in [-0.2, -0.15) is 0 Å². The normalized spacial score (nSPS) is 12.8. The monoisotopic (exact) mass is 453 g/mol. The average molecular weight is 453 g/mol. The molecule has 0 fully saturated rings. The Labute approximate surface area is 189 Å². The third-order valence-corrected chi connectivity index (χ3v) is 5.25. The molecule has 33 heavy (non-hydrogen) atoms. The molecule has 0 radical (unpaired) electrons. The highest BCUT2D eigenvalue weighted by molar-refractivity contribution is 6.14. The van der Waals surface area contributed by atoms with E-state index < -0.39 is 52.7 Å². The van der Waals surface area contributed by atoms with Crippen molar-refractivity contribution in [2.24, 2.45) is 11.8 Å². The van der Waals surface area contributed by atoms with E-state index in [2.05, 4.69) is 5.32 Å². The zero-order valence-electron chi connectivity index (χ0n) is 18.0. The van der Waals surface area contributed by atoms with E-state index in [1.807, 2.05) is 0 Å². The van der Waals surface area contributed by atoms with Gasteiger partial charge in [-0.15, -0.1) is 0 Å². The second kappa shape index (κ2) is 10.3. The molecule has 0 aliphatic rings. The number of Topliss-reactive ketones (excluding diaryl/α,β-unsaturated/α-hetero) is 2. The fourth-order valence-electron chi connectivity index (χ4n) is 3.55. The van der Waals surface area contributed by atoms with Crippen LogP contribution in [-0.4, -0.2) is 17.5 Å². The van der Waals surface area contributed by atoms with Crippen molar-refractivity contribution in [1.82, 2.24) is 0 Å². The smallest absolute Gasteiger partial charge is 0.236 e. The van der Waals surface area contributed by atoms with Crippen LogP contribution in [0.15, 0.2) is 72.8 Å². The van der Waals surface area contributed by atoms with Gasteiger partial charge in [-0.1, -0.05) is 44.2 Å². The molecule has 0 aliphatic heterocycles. The van der Waals surface area contributed by atoms with E-state index in [0.29, 0.717) is 11.6 Å². The van der Waals surface area contributed by atoms with Gasteiger partial charge in [0.2, 0.25) is 5.91 Å². The summed E-state index contributed by atoms with van der Waals surface area (Å²) in [5.74, 6) is -7.73. The number of ketones is 2. The maximum Gasteiger partial charge on any atom is 0.236 e. The minimum atomic E-state index is -1.51. The van der Waals surface area contributed by atoms with Gasteiger partial charge in [0.05, 0.1) is 11.6 Å². The average Bonchev–Trinajstić information content (AvgIpc) is 2.79. The molecule has 7 heteroatoms. The predicted octanol–water partition coefficient (Wildman–Crippen LogP) is 5.55. The molecule has 170 valence electrons. The predicted molar refractivity (Wildman–Crippen MR) is 118 cm³/mol. The zero-order chi connectivity index (χ0) is 24.1. The Bertz CT molecular complexity index is 1160. The molecule has 0 spiro atoms. The lowest BCUT2D eigenvalue weighted by Gasteiger charge is -2.26. The Hall–Kier alpha value is -3.74. The Kier molecular flexibility index (Phi) is 7.43. The van der Waals surface area contributed by atoms with Crippen LogP contribution in [0.1, 0.15) is 35.7 Å². The van der Waals surface area contributed by atoms with Gasteiger partial charge >= 0.3 is 0 Å². The van der Waals surface area contributed by atoms with E-state index in [0.717, 1.165) is 24.3 Å². The zero-order valence-corrected chi connectivity index (χ0v) is 18.0. The fourth-order valence-corrected chi connectivity index (χ4v) is 3.55. The lowest BCUT2D eigenvalue weighted by Crippen LogP contribution is -2.40. The third kappa shape index (κ3) is 5.55. The summed E-state index contributed by atoms with van der Waals surface area (Å²) in [6.45, 7) is 3.18. The summed E-state index contributed by atoms with van der Waals surface area (Å²) < 4.78 is 40.9. The number of hydrogen-bond acceptors (Lipinski definition) is 3. The van der Waals surface area contributed by atoms with Crippen molar-refractivity contribution in [3.05, 3.63) is 101 Å². The summed E-state index contributed by atoms with van der Waals surface area (Å²) in [4.78, 5) is 40.0. The molecule has 2 unspecified atom stereocenters. The third-order valence-electron chi connectivity index (χ3n) is 5.25. The van der Waals surface area contributed by atoms with E-state index in [-0.39, 0.29) is 11.3 Å². The number of carbonyl (C=O) groups is 3. The second-order valence-electron chi connectivity index (χ2n) is 7.91. The summed E-state index contributed by atoms with van der Waals surface area (Å²) in [5.41, 5.74) is 0.206. The van der Waals surface area contributed by atoms with Crippen LogP contribution < -0.4 is 5.32 Å². The van der Waals surface area contributed by atoms with Crippen LogP contribution >= 0.6 is 0 Å². The molecule has 4 nitrogen and oxygen atoms in total. The van der Waals surface area contributed by atoms with Gasteiger partial charge in [0, 0.05) is 17.5 Å². The van der Waals surface area contributed by atoms with E-state index in [1.54, 1.807) is 44.2 Å². The molecule has 0 bridgehead atoms. The topological polar surface area (TPSA) is 63.2 Å². The van der Waals surface area contributed by atoms with Crippen LogP contribution in [0.3, 0.4) is 0 Å². The minimum absolute atomic E-state index is 0.118. The first kappa shape index (κ1) is 23.9. The molecule has 3 rings (SSSR count). The number of benzene rings is 3. The van der Waals surface area contributed by atoms with E-state index in [1.165, 1.54) is 12.1 Å². The standard InChI is InChI=1S/C26H22F3NO3/c1-15(2)24(31)23(26(33)30-21-13-12-19(28)14-20(21)29)22(16-6-4-3-5-7-16)25(32)17-8-10-18(27)11-9-17/h3-15,22-23H,1-2H3,(H,30,33). The van der Waals surface area contributed by atoms with E-state index in [4.69, 9.17) is 0 Å². The molecular weight excluding hydrogens is 431 g/mol. The number of anilines is 1. The molecule has 0 heterocycles. The minimum Gasteiger partial charge on any atom is -0.323 e.